The Morgan fingerprint density at radius 2 is 1.63 bits per heavy atom. The van der Waals surface area contributed by atoms with E-state index < -0.39 is 7.12 Å². The molecule has 19 heavy (non-hydrogen) atoms. The molecule has 1 heterocycles. The number of halogens is 1. The van der Waals surface area contributed by atoms with Crippen molar-refractivity contribution in [2.75, 3.05) is 7.11 Å². The third-order valence-corrected chi connectivity index (χ3v) is 4.24. The average Bonchev–Trinajstić information content (AvgIpc) is 2.46. The molecule has 1 aliphatic rings. The van der Waals surface area contributed by atoms with Crippen molar-refractivity contribution in [3.63, 3.8) is 0 Å². The zero-order valence-electron chi connectivity index (χ0n) is 12.3. The molecule has 1 aromatic carbocycles. The van der Waals surface area contributed by atoms with Crippen LogP contribution < -0.4 is 10.2 Å². The van der Waals surface area contributed by atoms with E-state index >= 15 is 0 Å². The minimum atomic E-state index is -0.433. The molecule has 5 heteroatoms. The first-order valence-corrected chi connectivity index (χ1v) is 6.75. The molecule has 1 fully saturated rings. The minimum absolute atomic E-state index is 0.366. The van der Waals surface area contributed by atoms with Crippen LogP contribution in [0.3, 0.4) is 0 Å². The Hall–Kier alpha value is -0.705. The van der Waals surface area contributed by atoms with Crippen LogP contribution in [0.4, 0.5) is 0 Å². The standard InChI is InChI=1S/C14H20BClO3/c1-9-7-10(16)8-11(17-6)12(9)15-18-13(2,3)14(4,5)19-15/h7-8H,1-6H3. The van der Waals surface area contributed by atoms with E-state index in [0.29, 0.717) is 10.8 Å². The molecule has 0 unspecified atom stereocenters. The maximum absolute atomic E-state index is 6.07. The van der Waals surface area contributed by atoms with Gasteiger partial charge >= 0.3 is 7.12 Å². The highest BCUT2D eigenvalue weighted by Crippen LogP contribution is 2.37. The highest BCUT2D eigenvalue weighted by Gasteiger charge is 2.52. The molecule has 2 rings (SSSR count). The third-order valence-electron chi connectivity index (χ3n) is 4.02. The van der Waals surface area contributed by atoms with Crippen LogP contribution in [-0.4, -0.2) is 25.4 Å². The Labute approximate surface area is 120 Å². The molecule has 0 radical (unpaired) electrons. The van der Waals surface area contributed by atoms with Crippen LogP contribution in [0.25, 0.3) is 0 Å². The molecule has 0 N–H and O–H groups in total. The van der Waals surface area contributed by atoms with Gasteiger partial charge in [-0.05, 0) is 52.3 Å². The first kappa shape index (κ1) is 14.7. The van der Waals surface area contributed by atoms with Gasteiger partial charge in [-0.2, -0.15) is 0 Å². The van der Waals surface area contributed by atoms with Crippen LogP contribution in [0.2, 0.25) is 5.02 Å². The summed E-state index contributed by atoms with van der Waals surface area (Å²) in [6.07, 6.45) is 0. The van der Waals surface area contributed by atoms with E-state index in [1.165, 1.54) is 0 Å². The Kier molecular flexibility index (Phi) is 3.63. The van der Waals surface area contributed by atoms with Crippen LogP contribution in [0.1, 0.15) is 33.3 Å². The van der Waals surface area contributed by atoms with Gasteiger partial charge in [-0.3, -0.25) is 0 Å². The number of methoxy groups -OCH3 is 1. The molecule has 0 aliphatic carbocycles. The van der Waals surface area contributed by atoms with E-state index in [9.17, 15) is 0 Å². The molecule has 0 spiro atoms. The first-order valence-electron chi connectivity index (χ1n) is 6.37. The molecule has 0 amide bonds. The van der Waals surface area contributed by atoms with Crippen molar-refractivity contribution < 1.29 is 14.0 Å². The number of rotatable bonds is 2. The monoisotopic (exact) mass is 282 g/mol. The van der Waals surface area contributed by atoms with Gasteiger partial charge in [0.25, 0.3) is 0 Å². The van der Waals surface area contributed by atoms with Crippen molar-refractivity contribution in [3.05, 3.63) is 22.7 Å². The molecule has 0 bridgehead atoms. The molecule has 104 valence electrons. The summed E-state index contributed by atoms with van der Waals surface area (Å²) in [7, 11) is 1.19. The molecule has 0 aromatic heterocycles. The molecule has 0 saturated carbocycles. The van der Waals surface area contributed by atoms with E-state index in [1.54, 1.807) is 13.2 Å². The normalized spacial score (nSPS) is 20.7. The molecule has 3 nitrogen and oxygen atoms in total. The lowest BCUT2D eigenvalue weighted by atomic mass is 9.75. The number of benzene rings is 1. The quantitative estimate of drug-likeness (QED) is 0.781. The lowest BCUT2D eigenvalue weighted by Gasteiger charge is -2.32. The van der Waals surface area contributed by atoms with Crippen LogP contribution in [0, 0.1) is 6.92 Å². The van der Waals surface area contributed by atoms with Gasteiger partial charge in [-0.25, -0.2) is 0 Å². The molecule has 1 saturated heterocycles. The van der Waals surface area contributed by atoms with Gasteiger partial charge in [0.1, 0.15) is 5.75 Å². The largest absolute Gasteiger partial charge is 0.498 e. The van der Waals surface area contributed by atoms with Crippen molar-refractivity contribution in [1.82, 2.24) is 0 Å². The van der Waals surface area contributed by atoms with Gasteiger partial charge in [0.15, 0.2) is 0 Å². The van der Waals surface area contributed by atoms with Crippen molar-refractivity contribution in [3.8, 4) is 5.75 Å². The maximum Gasteiger partial charge on any atom is 0.498 e. The van der Waals surface area contributed by atoms with E-state index in [4.69, 9.17) is 25.6 Å². The summed E-state index contributed by atoms with van der Waals surface area (Å²) in [5.41, 5.74) is 1.18. The molecular weight excluding hydrogens is 262 g/mol. The van der Waals surface area contributed by atoms with E-state index in [0.717, 1.165) is 11.0 Å². The van der Waals surface area contributed by atoms with Crippen LogP contribution in [0.15, 0.2) is 12.1 Å². The van der Waals surface area contributed by atoms with Crippen LogP contribution in [0.5, 0.6) is 5.75 Å². The summed E-state index contributed by atoms with van der Waals surface area (Å²) in [5, 5.41) is 0.648. The molecule has 1 aliphatic heterocycles. The lowest BCUT2D eigenvalue weighted by molar-refractivity contribution is 0.00578. The average molecular weight is 283 g/mol. The van der Waals surface area contributed by atoms with E-state index in [1.807, 2.05) is 40.7 Å². The fourth-order valence-electron chi connectivity index (χ4n) is 2.16. The third kappa shape index (κ3) is 2.49. The Morgan fingerprint density at radius 1 is 1.11 bits per heavy atom. The fraction of sp³-hybridized carbons (Fsp3) is 0.571. The van der Waals surface area contributed by atoms with Crippen LogP contribution >= 0.6 is 11.6 Å². The smallest absolute Gasteiger partial charge is 0.497 e. The Balaban J connectivity index is 2.45. The molecule has 1 aromatic rings. The van der Waals surface area contributed by atoms with Gasteiger partial charge in [-0.15, -0.1) is 0 Å². The second kappa shape index (κ2) is 4.69. The Morgan fingerprint density at radius 3 is 2.11 bits per heavy atom. The number of aryl methyl sites for hydroxylation is 1. The minimum Gasteiger partial charge on any atom is -0.497 e. The summed E-state index contributed by atoms with van der Waals surface area (Å²) in [5.74, 6) is 0.698. The van der Waals surface area contributed by atoms with Crippen molar-refractivity contribution in [1.29, 1.82) is 0 Å². The van der Waals surface area contributed by atoms with Crippen LogP contribution in [-0.2, 0) is 9.31 Å². The topological polar surface area (TPSA) is 27.7 Å². The molecular formula is C14H20BClO3. The van der Waals surface area contributed by atoms with E-state index in [-0.39, 0.29) is 11.2 Å². The summed E-state index contributed by atoms with van der Waals surface area (Å²) < 4.78 is 17.5. The first-order chi connectivity index (χ1) is 8.68. The second-order valence-electron chi connectivity index (χ2n) is 5.93. The second-order valence-corrected chi connectivity index (χ2v) is 6.36. The van der Waals surface area contributed by atoms with Crippen molar-refractivity contribution in [2.45, 2.75) is 45.8 Å². The van der Waals surface area contributed by atoms with Gasteiger partial charge < -0.3 is 14.0 Å². The maximum atomic E-state index is 6.07. The van der Waals surface area contributed by atoms with Gasteiger partial charge in [0.05, 0.1) is 18.3 Å². The van der Waals surface area contributed by atoms with E-state index in [2.05, 4.69) is 0 Å². The Bertz CT molecular complexity index is 484. The fourth-order valence-corrected chi connectivity index (χ4v) is 2.42. The number of ether oxygens (including phenoxy) is 1. The summed E-state index contributed by atoms with van der Waals surface area (Å²) in [4.78, 5) is 0. The number of hydrogen-bond acceptors (Lipinski definition) is 3. The highest BCUT2D eigenvalue weighted by atomic mass is 35.5. The summed E-state index contributed by atoms with van der Waals surface area (Å²) in [6, 6.07) is 3.68. The number of hydrogen-bond donors (Lipinski definition) is 0. The lowest BCUT2D eigenvalue weighted by Crippen LogP contribution is -2.41. The van der Waals surface area contributed by atoms with Gasteiger partial charge in [0, 0.05) is 10.5 Å². The predicted octanol–water partition coefficient (Wildman–Crippen LogP) is 2.96. The summed E-state index contributed by atoms with van der Waals surface area (Å²) >= 11 is 6.06. The predicted molar refractivity (Wildman–Crippen MR) is 78.5 cm³/mol. The zero-order chi connectivity index (χ0) is 14.4. The zero-order valence-corrected chi connectivity index (χ0v) is 13.1. The SMILES string of the molecule is COc1cc(Cl)cc(C)c1B1OC(C)(C)C(C)(C)O1. The van der Waals surface area contributed by atoms with Crippen molar-refractivity contribution >= 4 is 24.2 Å². The molecule has 0 atom stereocenters. The van der Waals surface area contributed by atoms with Gasteiger partial charge in [0.2, 0.25) is 0 Å². The van der Waals surface area contributed by atoms with Gasteiger partial charge in [-0.1, -0.05) is 11.6 Å². The van der Waals surface area contributed by atoms with Crippen molar-refractivity contribution in [2.24, 2.45) is 0 Å². The summed E-state index contributed by atoms with van der Waals surface area (Å²) in [6.45, 7) is 10.1. The highest BCUT2D eigenvalue weighted by molar-refractivity contribution is 6.63.